The molecule has 1 atom stereocenters. The van der Waals surface area contributed by atoms with Crippen LogP contribution in [0, 0.1) is 6.92 Å². The molecule has 0 bridgehead atoms. The lowest BCUT2D eigenvalue weighted by Crippen LogP contribution is -2.37. The van der Waals surface area contributed by atoms with Crippen LogP contribution in [0.3, 0.4) is 0 Å². The zero-order chi connectivity index (χ0) is 15.4. The number of thiazole rings is 1. The molecule has 0 radical (unpaired) electrons. The van der Waals surface area contributed by atoms with Gasteiger partial charge >= 0.3 is 0 Å². The summed E-state index contributed by atoms with van der Waals surface area (Å²) in [5, 5.41) is 7.46. The van der Waals surface area contributed by atoms with Crippen LogP contribution in [0.2, 0.25) is 5.02 Å². The second-order valence-corrected chi connectivity index (χ2v) is 6.28. The summed E-state index contributed by atoms with van der Waals surface area (Å²) in [4.78, 5) is 17.3. The van der Waals surface area contributed by atoms with Gasteiger partial charge in [-0.1, -0.05) is 23.7 Å². The SMILES string of the molecule is CNC(C)CNC(=O)c1sc(-c2cccc(Cl)c2)nc1C.Cl.Cl. The van der Waals surface area contributed by atoms with Gasteiger partial charge in [0.05, 0.1) is 5.69 Å². The second-order valence-electron chi connectivity index (χ2n) is 4.84. The first-order valence-corrected chi connectivity index (χ1v) is 7.89. The molecule has 8 heteroatoms. The molecule has 0 saturated heterocycles. The number of carbonyl (C=O) groups is 1. The highest BCUT2D eigenvalue weighted by molar-refractivity contribution is 7.17. The Labute approximate surface area is 157 Å². The highest BCUT2D eigenvalue weighted by atomic mass is 35.5. The monoisotopic (exact) mass is 395 g/mol. The average molecular weight is 397 g/mol. The number of hydrogen-bond donors (Lipinski definition) is 2. The Bertz CT molecular complexity index is 649. The van der Waals surface area contributed by atoms with Crippen molar-refractivity contribution >= 4 is 53.7 Å². The summed E-state index contributed by atoms with van der Waals surface area (Å²) in [6, 6.07) is 7.72. The van der Waals surface area contributed by atoms with Gasteiger partial charge in [0, 0.05) is 23.2 Å². The minimum Gasteiger partial charge on any atom is -0.350 e. The largest absolute Gasteiger partial charge is 0.350 e. The fraction of sp³-hybridized carbons (Fsp3) is 0.333. The third-order valence-electron chi connectivity index (χ3n) is 3.14. The predicted molar refractivity (Wildman–Crippen MR) is 103 cm³/mol. The molecule has 1 amide bonds. The average Bonchev–Trinajstić information content (AvgIpc) is 2.86. The third kappa shape index (κ3) is 5.94. The number of nitrogens with one attached hydrogen (secondary N) is 2. The molecule has 1 heterocycles. The van der Waals surface area contributed by atoms with Gasteiger partial charge in [0.1, 0.15) is 9.88 Å². The number of halogens is 3. The summed E-state index contributed by atoms with van der Waals surface area (Å²) in [7, 11) is 1.87. The zero-order valence-corrected chi connectivity index (χ0v) is 16.3. The molecule has 1 unspecified atom stereocenters. The number of carbonyl (C=O) groups excluding carboxylic acids is 1. The molecule has 0 spiro atoms. The molecule has 2 rings (SSSR count). The number of amides is 1. The van der Waals surface area contributed by atoms with Crippen molar-refractivity contribution in [1.82, 2.24) is 15.6 Å². The first-order chi connectivity index (χ1) is 10.0. The van der Waals surface area contributed by atoms with Crippen molar-refractivity contribution in [2.24, 2.45) is 0 Å². The van der Waals surface area contributed by atoms with E-state index in [0.29, 0.717) is 16.4 Å². The van der Waals surface area contributed by atoms with E-state index in [0.717, 1.165) is 16.3 Å². The maximum Gasteiger partial charge on any atom is 0.263 e. The summed E-state index contributed by atoms with van der Waals surface area (Å²) in [6.07, 6.45) is 0. The highest BCUT2D eigenvalue weighted by Gasteiger charge is 2.16. The summed E-state index contributed by atoms with van der Waals surface area (Å²) in [6.45, 7) is 4.44. The van der Waals surface area contributed by atoms with Crippen LogP contribution in [-0.2, 0) is 0 Å². The molecule has 23 heavy (non-hydrogen) atoms. The fourth-order valence-electron chi connectivity index (χ4n) is 1.78. The number of likely N-dealkylation sites (N-methyl/N-ethyl adjacent to an activating group) is 1. The van der Waals surface area contributed by atoms with Crippen molar-refractivity contribution in [3.8, 4) is 10.6 Å². The lowest BCUT2D eigenvalue weighted by Gasteiger charge is -2.10. The first-order valence-electron chi connectivity index (χ1n) is 6.70. The van der Waals surface area contributed by atoms with E-state index >= 15 is 0 Å². The van der Waals surface area contributed by atoms with Crippen molar-refractivity contribution in [2.75, 3.05) is 13.6 Å². The van der Waals surface area contributed by atoms with E-state index in [1.165, 1.54) is 11.3 Å². The lowest BCUT2D eigenvalue weighted by molar-refractivity contribution is 0.0954. The van der Waals surface area contributed by atoms with Gasteiger partial charge in [0.2, 0.25) is 0 Å². The van der Waals surface area contributed by atoms with Gasteiger partial charge in [0.25, 0.3) is 5.91 Å². The molecule has 0 fully saturated rings. The number of nitrogens with zero attached hydrogens (tertiary/aromatic N) is 1. The molecular formula is C15H20Cl3N3OS. The van der Waals surface area contributed by atoms with Gasteiger partial charge in [-0.3, -0.25) is 4.79 Å². The van der Waals surface area contributed by atoms with Crippen molar-refractivity contribution in [2.45, 2.75) is 19.9 Å². The molecule has 0 aliphatic rings. The number of rotatable bonds is 5. The highest BCUT2D eigenvalue weighted by Crippen LogP contribution is 2.29. The third-order valence-corrected chi connectivity index (χ3v) is 4.58. The molecule has 128 valence electrons. The minimum absolute atomic E-state index is 0. The fourth-order valence-corrected chi connectivity index (χ4v) is 2.95. The van der Waals surface area contributed by atoms with Crippen LogP contribution in [-0.4, -0.2) is 30.5 Å². The van der Waals surface area contributed by atoms with E-state index in [1.807, 2.05) is 45.2 Å². The normalized spacial score (nSPS) is 11.1. The molecule has 0 aliphatic heterocycles. The van der Waals surface area contributed by atoms with Crippen LogP contribution >= 0.6 is 47.8 Å². The Kier molecular flexibility index (Phi) is 9.73. The quantitative estimate of drug-likeness (QED) is 0.804. The summed E-state index contributed by atoms with van der Waals surface area (Å²) >= 11 is 7.38. The number of aryl methyl sites for hydroxylation is 1. The predicted octanol–water partition coefficient (Wildman–Crippen LogP) is 3.95. The zero-order valence-electron chi connectivity index (χ0n) is 13.1. The van der Waals surface area contributed by atoms with Crippen LogP contribution in [0.5, 0.6) is 0 Å². The number of aromatic nitrogens is 1. The second kappa shape index (κ2) is 10.1. The van der Waals surface area contributed by atoms with E-state index < -0.39 is 0 Å². The topological polar surface area (TPSA) is 54.0 Å². The molecule has 2 aromatic rings. The molecule has 4 nitrogen and oxygen atoms in total. The Hall–Kier alpha value is -0.850. The lowest BCUT2D eigenvalue weighted by atomic mass is 10.2. The Morgan fingerprint density at radius 1 is 1.39 bits per heavy atom. The van der Waals surface area contributed by atoms with Crippen LogP contribution in [0.4, 0.5) is 0 Å². The van der Waals surface area contributed by atoms with Crippen LogP contribution in [0.15, 0.2) is 24.3 Å². The first kappa shape index (κ1) is 22.1. The molecular weight excluding hydrogens is 377 g/mol. The van der Waals surface area contributed by atoms with E-state index in [9.17, 15) is 4.79 Å². The van der Waals surface area contributed by atoms with Gasteiger partial charge in [-0.15, -0.1) is 36.2 Å². The molecule has 0 saturated carbocycles. The van der Waals surface area contributed by atoms with Gasteiger partial charge in [-0.25, -0.2) is 4.98 Å². The molecule has 1 aromatic heterocycles. The smallest absolute Gasteiger partial charge is 0.263 e. The van der Waals surface area contributed by atoms with E-state index in [4.69, 9.17) is 11.6 Å². The van der Waals surface area contributed by atoms with Crippen LogP contribution in [0.1, 0.15) is 22.3 Å². The van der Waals surface area contributed by atoms with Crippen LogP contribution in [0.25, 0.3) is 10.6 Å². The van der Waals surface area contributed by atoms with E-state index in [-0.39, 0.29) is 36.8 Å². The maximum atomic E-state index is 12.2. The number of hydrogen-bond acceptors (Lipinski definition) is 4. The van der Waals surface area contributed by atoms with Gasteiger partial charge < -0.3 is 10.6 Å². The Morgan fingerprint density at radius 3 is 2.70 bits per heavy atom. The maximum absolute atomic E-state index is 12.2. The summed E-state index contributed by atoms with van der Waals surface area (Å²) in [5.74, 6) is -0.0830. The standard InChI is InChI=1S/C15H18ClN3OS.2ClH/c1-9(17-3)8-18-14(20)13-10(2)19-15(21-13)11-5-4-6-12(16)7-11;;/h4-7,9,17H,8H2,1-3H3,(H,18,20);2*1H. The van der Waals surface area contributed by atoms with E-state index in [1.54, 1.807) is 0 Å². The summed E-state index contributed by atoms with van der Waals surface area (Å²) < 4.78 is 0. The Morgan fingerprint density at radius 2 is 2.09 bits per heavy atom. The van der Waals surface area contributed by atoms with Crippen molar-refractivity contribution < 1.29 is 4.79 Å². The summed E-state index contributed by atoms with van der Waals surface area (Å²) in [5.41, 5.74) is 1.67. The molecule has 2 N–H and O–H groups in total. The number of benzene rings is 1. The Balaban J connectivity index is 0.00000242. The molecule has 1 aromatic carbocycles. The van der Waals surface area contributed by atoms with Crippen molar-refractivity contribution in [3.05, 3.63) is 39.9 Å². The van der Waals surface area contributed by atoms with Gasteiger partial charge in [0.15, 0.2) is 0 Å². The van der Waals surface area contributed by atoms with Crippen molar-refractivity contribution in [3.63, 3.8) is 0 Å². The van der Waals surface area contributed by atoms with Gasteiger partial charge in [-0.05, 0) is 33.0 Å². The molecule has 0 aliphatic carbocycles. The van der Waals surface area contributed by atoms with E-state index in [2.05, 4.69) is 15.6 Å². The van der Waals surface area contributed by atoms with Gasteiger partial charge in [-0.2, -0.15) is 0 Å². The van der Waals surface area contributed by atoms with Crippen molar-refractivity contribution in [1.29, 1.82) is 0 Å². The minimum atomic E-state index is -0.0830. The van der Waals surface area contributed by atoms with Crippen LogP contribution < -0.4 is 10.6 Å².